The van der Waals surface area contributed by atoms with Crippen molar-refractivity contribution >= 4 is 5.91 Å². The van der Waals surface area contributed by atoms with Crippen molar-refractivity contribution in [2.45, 2.75) is 72.1 Å². The average Bonchev–Trinajstić information content (AvgIpc) is 3.01. The van der Waals surface area contributed by atoms with E-state index in [1.165, 1.54) is 48.8 Å². The van der Waals surface area contributed by atoms with Gasteiger partial charge in [0.15, 0.2) is 0 Å². The highest BCUT2D eigenvalue weighted by Crippen LogP contribution is 2.57. The van der Waals surface area contributed by atoms with Gasteiger partial charge >= 0.3 is 0 Å². The Bertz CT molecular complexity index is 705. The third kappa shape index (κ3) is 2.11. The van der Waals surface area contributed by atoms with Crippen LogP contribution < -0.4 is 5.73 Å². The van der Waals surface area contributed by atoms with Crippen molar-refractivity contribution in [2.24, 2.45) is 29.4 Å². The van der Waals surface area contributed by atoms with Crippen molar-refractivity contribution in [2.75, 3.05) is 0 Å². The highest BCUT2D eigenvalue weighted by molar-refractivity contribution is 5.77. The van der Waals surface area contributed by atoms with Crippen molar-refractivity contribution in [3.63, 3.8) is 0 Å². The second kappa shape index (κ2) is 5.61. The predicted octanol–water partition coefficient (Wildman–Crippen LogP) is 4.49. The summed E-state index contributed by atoms with van der Waals surface area (Å²) in [6.07, 6.45) is 7.25. The van der Waals surface area contributed by atoms with Crippen LogP contribution in [0.3, 0.4) is 0 Å². The van der Waals surface area contributed by atoms with Gasteiger partial charge in [-0.05, 0) is 123 Å². The second-order valence-electron chi connectivity index (χ2n) is 8.69. The Hall–Kier alpha value is -1.31. The summed E-state index contributed by atoms with van der Waals surface area (Å²) in [7, 11) is 0. The molecule has 2 fully saturated rings. The van der Waals surface area contributed by atoms with Crippen LogP contribution >= 0.6 is 0 Å². The summed E-state index contributed by atoms with van der Waals surface area (Å²) in [5.74, 6) is 2.91. The number of carbonyl (C=O) groups excluding carboxylic acids is 1. The third-order valence-corrected chi connectivity index (χ3v) is 8.09. The van der Waals surface area contributed by atoms with Crippen molar-refractivity contribution in [1.29, 1.82) is 0 Å². The summed E-state index contributed by atoms with van der Waals surface area (Å²) in [5.41, 5.74) is 15.1. The van der Waals surface area contributed by atoms with Crippen LogP contribution in [0.15, 0.2) is 0 Å². The van der Waals surface area contributed by atoms with Gasteiger partial charge in [0.2, 0.25) is 5.91 Å². The molecule has 0 bridgehead atoms. The van der Waals surface area contributed by atoms with Gasteiger partial charge in [0, 0.05) is 5.92 Å². The van der Waals surface area contributed by atoms with Crippen LogP contribution in [0.5, 0.6) is 0 Å². The van der Waals surface area contributed by atoms with Crippen LogP contribution in [-0.4, -0.2) is 5.91 Å². The smallest absolute Gasteiger partial charge is 0.220 e. The number of amides is 1. The zero-order valence-electron chi connectivity index (χ0n) is 15.6. The number of hydrogen-bond donors (Lipinski definition) is 1. The molecule has 4 rings (SSSR count). The number of hydrogen-bond acceptors (Lipinski definition) is 1. The van der Waals surface area contributed by atoms with E-state index in [0.717, 1.165) is 24.2 Å². The van der Waals surface area contributed by atoms with Gasteiger partial charge in [-0.3, -0.25) is 4.79 Å². The molecule has 1 amide bonds. The minimum atomic E-state index is -0.0457. The van der Waals surface area contributed by atoms with Crippen LogP contribution in [-0.2, 0) is 11.2 Å². The molecule has 0 aliphatic heterocycles. The van der Waals surface area contributed by atoms with E-state index in [9.17, 15) is 4.79 Å². The number of benzene rings is 1. The first-order valence-electron chi connectivity index (χ1n) is 9.80. The maximum absolute atomic E-state index is 11.8. The monoisotopic (exact) mass is 325 g/mol. The molecular formula is C22H31NO. The van der Waals surface area contributed by atoms with E-state index in [-0.39, 0.29) is 11.8 Å². The Morgan fingerprint density at radius 3 is 2.17 bits per heavy atom. The van der Waals surface area contributed by atoms with Crippen LogP contribution in [0.1, 0.15) is 71.4 Å². The molecule has 0 heterocycles. The summed E-state index contributed by atoms with van der Waals surface area (Å²) in [6.45, 7) is 9.25. The third-order valence-electron chi connectivity index (χ3n) is 8.09. The first-order chi connectivity index (χ1) is 11.4. The van der Waals surface area contributed by atoms with Gasteiger partial charge in [0.25, 0.3) is 0 Å². The normalized spacial score (nSPS) is 34.4. The zero-order valence-corrected chi connectivity index (χ0v) is 15.6. The molecule has 24 heavy (non-hydrogen) atoms. The minimum Gasteiger partial charge on any atom is -0.369 e. The van der Waals surface area contributed by atoms with Crippen LogP contribution in [0, 0.1) is 51.4 Å². The van der Waals surface area contributed by atoms with Crippen LogP contribution in [0.25, 0.3) is 0 Å². The highest BCUT2D eigenvalue weighted by Gasteiger charge is 2.49. The average molecular weight is 325 g/mol. The van der Waals surface area contributed by atoms with Gasteiger partial charge < -0.3 is 5.73 Å². The number of nitrogens with two attached hydrogens (primary N) is 1. The molecule has 2 heteroatoms. The summed E-state index contributed by atoms with van der Waals surface area (Å²) in [6, 6.07) is 0. The molecule has 5 unspecified atom stereocenters. The lowest BCUT2D eigenvalue weighted by Crippen LogP contribution is -2.38. The number of carbonyl (C=O) groups is 1. The Morgan fingerprint density at radius 2 is 1.46 bits per heavy atom. The lowest BCUT2D eigenvalue weighted by atomic mass is 9.58. The zero-order chi connectivity index (χ0) is 17.2. The van der Waals surface area contributed by atoms with E-state index in [4.69, 9.17) is 5.73 Å². The maximum Gasteiger partial charge on any atom is 0.220 e. The molecule has 0 aromatic heterocycles. The number of rotatable bonds is 1. The van der Waals surface area contributed by atoms with Gasteiger partial charge in [-0.25, -0.2) is 0 Å². The second-order valence-corrected chi connectivity index (χ2v) is 8.69. The fourth-order valence-corrected chi connectivity index (χ4v) is 6.61. The van der Waals surface area contributed by atoms with E-state index < -0.39 is 0 Å². The molecule has 130 valence electrons. The van der Waals surface area contributed by atoms with Gasteiger partial charge in [0.05, 0.1) is 0 Å². The van der Waals surface area contributed by atoms with Crippen molar-refractivity contribution in [3.05, 3.63) is 33.4 Å². The molecule has 0 spiro atoms. The highest BCUT2D eigenvalue weighted by atomic mass is 16.1. The molecule has 2 nitrogen and oxygen atoms in total. The lowest BCUT2D eigenvalue weighted by molar-refractivity contribution is -0.123. The molecule has 3 aliphatic rings. The predicted molar refractivity (Wildman–Crippen MR) is 98.1 cm³/mol. The van der Waals surface area contributed by atoms with E-state index >= 15 is 0 Å². The molecule has 1 aromatic rings. The van der Waals surface area contributed by atoms with E-state index in [1.54, 1.807) is 16.7 Å². The maximum atomic E-state index is 11.8. The molecule has 0 radical (unpaired) electrons. The molecule has 3 aliphatic carbocycles. The van der Waals surface area contributed by atoms with E-state index in [0.29, 0.717) is 5.92 Å². The minimum absolute atomic E-state index is 0.0457. The molecule has 1 aromatic carbocycles. The van der Waals surface area contributed by atoms with Crippen molar-refractivity contribution < 1.29 is 4.79 Å². The molecule has 5 atom stereocenters. The van der Waals surface area contributed by atoms with E-state index in [1.807, 2.05) is 0 Å². The molecular weight excluding hydrogens is 294 g/mol. The Kier molecular flexibility index (Phi) is 3.78. The fourth-order valence-electron chi connectivity index (χ4n) is 6.61. The fraction of sp³-hybridized carbons (Fsp3) is 0.682. The van der Waals surface area contributed by atoms with Gasteiger partial charge in [0.1, 0.15) is 0 Å². The van der Waals surface area contributed by atoms with Crippen molar-refractivity contribution in [1.82, 2.24) is 0 Å². The Labute approximate surface area is 146 Å². The summed E-state index contributed by atoms with van der Waals surface area (Å²) < 4.78 is 0. The van der Waals surface area contributed by atoms with Crippen LogP contribution in [0.2, 0.25) is 0 Å². The summed E-state index contributed by atoms with van der Waals surface area (Å²) in [5, 5.41) is 0. The summed E-state index contributed by atoms with van der Waals surface area (Å²) >= 11 is 0. The topological polar surface area (TPSA) is 43.1 Å². The number of primary amides is 1. The Morgan fingerprint density at radius 1 is 0.792 bits per heavy atom. The summed E-state index contributed by atoms with van der Waals surface area (Å²) in [4.78, 5) is 11.8. The SMILES string of the molecule is Cc1c(C)c(C)c2c(c1C)CCC1C2CCC2C(C(N)=O)CCC21. The Balaban J connectivity index is 1.74. The number of fused-ring (bicyclic) bond motifs is 5. The van der Waals surface area contributed by atoms with Gasteiger partial charge in [-0.1, -0.05) is 0 Å². The largest absolute Gasteiger partial charge is 0.369 e. The molecule has 2 N–H and O–H groups in total. The first-order valence-corrected chi connectivity index (χ1v) is 9.80. The molecule has 0 saturated heterocycles. The first kappa shape index (κ1) is 16.2. The van der Waals surface area contributed by atoms with Crippen molar-refractivity contribution in [3.8, 4) is 0 Å². The standard InChI is InChI=1S/C22H31NO/c1-11-12(2)14(4)21-15(13(11)3)5-6-17-16-8-10-20(22(23)24)18(16)7-9-19(17)21/h16-20H,5-10H2,1-4H3,(H2,23,24). The van der Waals surface area contributed by atoms with Gasteiger partial charge in [-0.15, -0.1) is 0 Å². The quantitative estimate of drug-likeness (QED) is 0.812. The van der Waals surface area contributed by atoms with Gasteiger partial charge in [-0.2, -0.15) is 0 Å². The lowest BCUT2D eigenvalue weighted by Gasteiger charge is -2.46. The van der Waals surface area contributed by atoms with E-state index in [2.05, 4.69) is 27.7 Å². The van der Waals surface area contributed by atoms with Crippen LogP contribution in [0.4, 0.5) is 0 Å². The molecule has 2 saturated carbocycles.